The molecule has 0 spiro atoms. The molecule has 1 aliphatic heterocycles. The zero-order chi connectivity index (χ0) is 29.7. The van der Waals surface area contributed by atoms with Crippen LogP contribution >= 0.6 is 11.6 Å². The zero-order valence-electron chi connectivity index (χ0n) is 23.4. The molecule has 4 N–H and O–H groups in total. The molecular weight excluding hydrogens is 591 g/mol. The lowest BCUT2D eigenvalue weighted by atomic mass is 9.89. The molecule has 3 aliphatic rings. The summed E-state index contributed by atoms with van der Waals surface area (Å²) >= 11 is 6.13. The maximum Gasteiger partial charge on any atom is 0.237 e. The van der Waals surface area contributed by atoms with Crippen molar-refractivity contribution in [1.29, 1.82) is 0 Å². The van der Waals surface area contributed by atoms with Crippen LogP contribution in [0.4, 0.5) is 15.9 Å². The normalized spacial score (nSPS) is 19.3. The smallest absolute Gasteiger partial charge is 0.237 e. The SMILES string of the molecule is Nc1ncc(C2=CC[C@@H](NC3COC3)CC2)c2c1c(-c1ccc(NS(=O)(=O)Cc3ccccc3Cl)c(F)c1)nn2C1CC1. The summed E-state index contributed by atoms with van der Waals surface area (Å²) in [7, 11) is -3.92. The van der Waals surface area contributed by atoms with Crippen molar-refractivity contribution < 1.29 is 17.5 Å². The highest BCUT2D eigenvalue weighted by Gasteiger charge is 2.32. The van der Waals surface area contributed by atoms with Crippen molar-refractivity contribution in [2.45, 2.75) is 56.0 Å². The minimum atomic E-state index is -3.92. The lowest BCUT2D eigenvalue weighted by molar-refractivity contribution is -0.0103. The first kappa shape index (κ1) is 28.3. The number of rotatable bonds is 9. The summed E-state index contributed by atoms with van der Waals surface area (Å²) in [5, 5.41) is 9.63. The second-order valence-corrected chi connectivity index (χ2v) is 13.7. The maximum atomic E-state index is 15.4. The van der Waals surface area contributed by atoms with E-state index < -0.39 is 15.8 Å². The molecule has 0 radical (unpaired) electrons. The lowest BCUT2D eigenvalue weighted by Gasteiger charge is -2.33. The van der Waals surface area contributed by atoms with Crippen molar-refractivity contribution in [2.75, 3.05) is 23.7 Å². The number of anilines is 2. The van der Waals surface area contributed by atoms with Gasteiger partial charge < -0.3 is 15.8 Å². The number of nitrogens with one attached hydrogen (secondary N) is 2. The number of hydrogen-bond donors (Lipinski definition) is 3. The molecule has 12 heteroatoms. The van der Waals surface area contributed by atoms with Gasteiger partial charge >= 0.3 is 0 Å². The van der Waals surface area contributed by atoms with Gasteiger partial charge in [-0.25, -0.2) is 17.8 Å². The van der Waals surface area contributed by atoms with E-state index in [9.17, 15) is 8.42 Å². The number of ether oxygens (including phenoxy) is 1. The fraction of sp³-hybridized carbons (Fsp3) is 0.355. The van der Waals surface area contributed by atoms with Crippen molar-refractivity contribution in [2.24, 2.45) is 0 Å². The highest BCUT2D eigenvalue weighted by Crippen LogP contribution is 2.44. The Morgan fingerprint density at radius 3 is 2.60 bits per heavy atom. The summed E-state index contributed by atoms with van der Waals surface area (Å²) in [5.74, 6) is -0.773. The first-order valence-corrected chi connectivity index (χ1v) is 16.5. The van der Waals surface area contributed by atoms with Gasteiger partial charge in [0.25, 0.3) is 0 Å². The molecule has 1 atom stereocenters. The quantitative estimate of drug-likeness (QED) is 0.220. The second kappa shape index (κ2) is 11.2. The third-order valence-electron chi connectivity index (χ3n) is 8.32. The van der Waals surface area contributed by atoms with E-state index in [0.717, 1.165) is 56.4 Å². The Kier molecular flexibility index (Phi) is 7.37. The van der Waals surface area contributed by atoms with Gasteiger partial charge in [0.2, 0.25) is 10.0 Å². The van der Waals surface area contributed by atoms with Gasteiger partial charge in [-0.1, -0.05) is 41.9 Å². The van der Waals surface area contributed by atoms with Gasteiger partial charge in [-0.3, -0.25) is 9.40 Å². The molecule has 0 bridgehead atoms. The van der Waals surface area contributed by atoms with Crippen molar-refractivity contribution >= 4 is 49.6 Å². The largest absolute Gasteiger partial charge is 0.383 e. The van der Waals surface area contributed by atoms with Crippen LogP contribution in [0.3, 0.4) is 0 Å². The molecule has 4 aromatic rings. The van der Waals surface area contributed by atoms with Crippen LogP contribution < -0.4 is 15.8 Å². The number of hydrogen-bond acceptors (Lipinski definition) is 7. The number of pyridine rings is 1. The van der Waals surface area contributed by atoms with Crippen LogP contribution in [-0.2, 0) is 20.5 Å². The Balaban J connectivity index is 1.20. The van der Waals surface area contributed by atoms with E-state index in [0.29, 0.717) is 45.1 Å². The fourth-order valence-electron chi connectivity index (χ4n) is 5.88. The van der Waals surface area contributed by atoms with Gasteiger partial charge in [-0.2, -0.15) is 5.10 Å². The van der Waals surface area contributed by atoms with E-state index in [1.807, 2.05) is 10.9 Å². The maximum absolute atomic E-state index is 15.4. The molecule has 43 heavy (non-hydrogen) atoms. The van der Waals surface area contributed by atoms with E-state index in [2.05, 4.69) is 21.1 Å². The van der Waals surface area contributed by atoms with Gasteiger partial charge in [0, 0.05) is 28.4 Å². The number of nitrogens with zero attached hydrogens (tertiary/aromatic N) is 3. The summed E-state index contributed by atoms with van der Waals surface area (Å²) < 4.78 is 50.7. The van der Waals surface area contributed by atoms with Crippen LogP contribution in [0.25, 0.3) is 27.7 Å². The molecule has 2 aromatic carbocycles. The highest BCUT2D eigenvalue weighted by molar-refractivity contribution is 7.91. The summed E-state index contributed by atoms with van der Waals surface area (Å²) in [5.41, 5.74) is 10.9. The Morgan fingerprint density at radius 2 is 1.93 bits per heavy atom. The van der Waals surface area contributed by atoms with E-state index >= 15 is 4.39 Å². The zero-order valence-corrected chi connectivity index (χ0v) is 25.0. The minimum absolute atomic E-state index is 0.155. The summed E-state index contributed by atoms with van der Waals surface area (Å²) in [6.45, 7) is 1.55. The molecule has 0 unspecified atom stereocenters. The molecule has 1 saturated carbocycles. The average molecular weight is 623 g/mol. The van der Waals surface area contributed by atoms with Crippen LogP contribution in [0.1, 0.15) is 49.3 Å². The van der Waals surface area contributed by atoms with Crippen LogP contribution in [0.5, 0.6) is 0 Å². The van der Waals surface area contributed by atoms with E-state index in [1.165, 1.54) is 17.7 Å². The Labute approximate surface area is 254 Å². The van der Waals surface area contributed by atoms with Gasteiger partial charge in [0.1, 0.15) is 17.3 Å². The van der Waals surface area contributed by atoms with Crippen LogP contribution in [0.2, 0.25) is 5.02 Å². The topological polar surface area (TPSA) is 124 Å². The fourth-order valence-corrected chi connectivity index (χ4v) is 7.40. The summed E-state index contributed by atoms with van der Waals surface area (Å²) in [6.07, 6.45) is 8.95. The van der Waals surface area contributed by atoms with Crippen molar-refractivity contribution in [3.8, 4) is 11.3 Å². The summed E-state index contributed by atoms with van der Waals surface area (Å²) in [4.78, 5) is 4.54. The molecule has 2 aromatic heterocycles. The number of sulfonamides is 1. The molecular formula is C31H32ClFN6O3S. The number of allylic oxidation sites excluding steroid dienone is 1. The highest BCUT2D eigenvalue weighted by atomic mass is 35.5. The Hall–Kier alpha value is -3.51. The molecule has 1 saturated heterocycles. The van der Waals surface area contributed by atoms with Gasteiger partial charge in [0.05, 0.1) is 47.6 Å². The third kappa shape index (κ3) is 5.74. The van der Waals surface area contributed by atoms with E-state index in [4.69, 9.17) is 27.2 Å². The van der Waals surface area contributed by atoms with Gasteiger partial charge in [-0.05, 0) is 61.4 Å². The Morgan fingerprint density at radius 1 is 1.12 bits per heavy atom. The molecule has 224 valence electrons. The van der Waals surface area contributed by atoms with Crippen molar-refractivity contribution in [3.05, 3.63) is 76.7 Å². The first-order chi connectivity index (χ1) is 20.8. The predicted octanol–water partition coefficient (Wildman–Crippen LogP) is 5.67. The number of nitrogen functional groups attached to an aromatic ring is 1. The number of benzene rings is 2. The summed E-state index contributed by atoms with van der Waals surface area (Å²) in [6, 6.07) is 12.1. The molecule has 0 amide bonds. The standard InChI is InChI=1S/C31H32ClFN6O3S/c32-25-4-2-1-3-20(25)17-43(40,41)38-27-12-7-19(13-26(27)33)29-28-30(39(37-29)23-10-11-23)24(14-35-31(28)34)18-5-8-21(9-6-18)36-22-15-42-16-22/h1-5,7,12-14,21-23,36,38H,6,8-11,15-17H2,(H2,34,35)/t21-/m1/s1. The van der Waals surface area contributed by atoms with Crippen LogP contribution in [-0.4, -0.2) is 48.5 Å². The van der Waals surface area contributed by atoms with Crippen LogP contribution in [0, 0.1) is 5.82 Å². The Bertz CT molecular complexity index is 1850. The number of fused-ring (bicyclic) bond motifs is 1. The molecule has 9 nitrogen and oxygen atoms in total. The number of aromatic nitrogens is 3. The molecule has 2 fully saturated rings. The first-order valence-electron chi connectivity index (χ1n) is 14.5. The number of halogens is 2. The van der Waals surface area contributed by atoms with Gasteiger partial charge in [-0.15, -0.1) is 0 Å². The minimum Gasteiger partial charge on any atom is -0.383 e. The lowest BCUT2D eigenvalue weighted by Crippen LogP contribution is -2.50. The van der Waals surface area contributed by atoms with Gasteiger partial charge in [0.15, 0.2) is 0 Å². The van der Waals surface area contributed by atoms with E-state index in [1.54, 1.807) is 30.3 Å². The molecule has 2 aliphatic carbocycles. The predicted molar refractivity (Wildman–Crippen MR) is 167 cm³/mol. The van der Waals surface area contributed by atoms with E-state index in [-0.39, 0.29) is 17.5 Å². The van der Waals surface area contributed by atoms with Crippen LogP contribution in [0.15, 0.2) is 54.7 Å². The van der Waals surface area contributed by atoms with Crippen molar-refractivity contribution in [1.82, 2.24) is 20.1 Å². The monoisotopic (exact) mass is 622 g/mol. The van der Waals surface area contributed by atoms with Crippen molar-refractivity contribution in [3.63, 3.8) is 0 Å². The molecule has 7 rings (SSSR count). The third-order valence-corrected chi connectivity index (χ3v) is 9.92. The average Bonchev–Trinajstić information content (AvgIpc) is 3.73. The second-order valence-electron chi connectivity index (χ2n) is 11.6. The number of nitrogens with two attached hydrogens (primary N) is 1. The molecule has 3 heterocycles.